The third kappa shape index (κ3) is 2.74. The Morgan fingerprint density at radius 1 is 1.50 bits per heavy atom. The maximum absolute atomic E-state index is 11.1. The quantitative estimate of drug-likeness (QED) is 0.612. The smallest absolute Gasteiger partial charge is 0.252 e. The monoisotopic (exact) mass is 194 g/mol. The molecule has 1 aromatic carbocycles. The molecule has 0 fully saturated rings. The Hall–Kier alpha value is -1.55. The molecule has 0 spiro atoms. The maximum atomic E-state index is 11.1. The predicted molar refractivity (Wildman–Crippen MR) is 55.9 cm³/mol. The first kappa shape index (κ1) is 10.5. The molecular formula is C10H14N2O2. The summed E-state index contributed by atoms with van der Waals surface area (Å²) in [6.45, 7) is 3.29. The molecule has 0 radical (unpaired) electrons. The van der Waals surface area contributed by atoms with E-state index in [1.165, 1.54) is 6.92 Å². The molecule has 0 aromatic heterocycles. The van der Waals surface area contributed by atoms with E-state index in [1.54, 1.807) is 18.2 Å². The first-order valence-corrected chi connectivity index (χ1v) is 4.35. The second kappa shape index (κ2) is 4.11. The number of amides is 1. The fourth-order valence-corrected chi connectivity index (χ4v) is 1.13. The largest absolute Gasteiger partial charge is 0.399 e. The lowest BCUT2D eigenvalue weighted by Crippen LogP contribution is -2.24. The maximum Gasteiger partial charge on any atom is 0.252 e. The normalized spacial score (nSPS) is 12.2. The summed E-state index contributed by atoms with van der Waals surface area (Å²) in [6, 6.07) is 5.24. The number of nitrogens with one attached hydrogen (secondary N) is 1. The Morgan fingerprint density at radius 3 is 2.64 bits per heavy atom. The number of aliphatic hydroxyl groups excluding tert-OH is 1. The molecular weight excluding hydrogens is 180 g/mol. The highest BCUT2D eigenvalue weighted by atomic mass is 16.3. The molecule has 0 saturated carbocycles. The van der Waals surface area contributed by atoms with E-state index in [9.17, 15) is 4.79 Å². The summed E-state index contributed by atoms with van der Waals surface area (Å²) in [7, 11) is 0. The minimum absolute atomic E-state index is 0.435. The van der Waals surface area contributed by atoms with Crippen LogP contribution in [0.5, 0.6) is 0 Å². The molecule has 1 atom stereocenters. The van der Waals surface area contributed by atoms with Crippen LogP contribution in [-0.4, -0.2) is 17.1 Å². The van der Waals surface area contributed by atoms with Crippen LogP contribution in [0.2, 0.25) is 0 Å². The molecule has 0 bridgehead atoms. The predicted octanol–water partition coefficient (Wildman–Crippen LogP) is 0.897. The van der Waals surface area contributed by atoms with Crippen LogP contribution in [0.1, 0.15) is 12.5 Å². The van der Waals surface area contributed by atoms with Crippen LogP contribution in [0.15, 0.2) is 18.2 Å². The topological polar surface area (TPSA) is 75.3 Å². The van der Waals surface area contributed by atoms with Crippen molar-refractivity contribution in [2.24, 2.45) is 0 Å². The van der Waals surface area contributed by atoms with Crippen molar-refractivity contribution in [2.75, 3.05) is 11.1 Å². The number of nitrogen functional groups attached to an aromatic ring is 1. The second-order valence-electron chi connectivity index (χ2n) is 3.30. The lowest BCUT2D eigenvalue weighted by molar-refractivity contribution is -0.123. The molecule has 0 saturated heterocycles. The zero-order chi connectivity index (χ0) is 10.7. The van der Waals surface area contributed by atoms with Gasteiger partial charge in [0.2, 0.25) is 0 Å². The van der Waals surface area contributed by atoms with Gasteiger partial charge >= 0.3 is 0 Å². The molecule has 1 rings (SSSR count). The molecule has 1 amide bonds. The van der Waals surface area contributed by atoms with Crippen LogP contribution in [0.4, 0.5) is 11.4 Å². The van der Waals surface area contributed by atoms with Gasteiger partial charge in [-0.3, -0.25) is 4.79 Å². The third-order valence-electron chi connectivity index (χ3n) is 1.75. The van der Waals surface area contributed by atoms with Crippen molar-refractivity contribution in [2.45, 2.75) is 20.0 Å². The molecule has 4 N–H and O–H groups in total. The highest BCUT2D eigenvalue weighted by Gasteiger charge is 2.08. The lowest BCUT2D eigenvalue weighted by Gasteiger charge is -2.08. The van der Waals surface area contributed by atoms with Crippen LogP contribution in [-0.2, 0) is 4.79 Å². The van der Waals surface area contributed by atoms with Crippen molar-refractivity contribution < 1.29 is 9.90 Å². The molecule has 4 heteroatoms. The number of anilines is 2. The van der Waals surface area contributed by atoms with E-state index in [2.05, 4.69) is 5.32 Å². The summed E-state index contributed by atoms with van der Waals surface area (Å²) in [5.41, 5.74) is 7.76. The van der Waals surface area contributed by atoms with Crippen LogP contribution < -0.4 is 11.1 Å². The highest BCUT2D eigenvalue weighted by molar-refractivity contribution is 5.94. The summed E-state index contributed by atoms with van der Waals surface area (Å²) >= 11 is 0. The van der Waals surface area contributed by atoms with E-state index < -0.39 is 12.0 Å². The molecule has 0 aliphatic rings. The van der Waals surface area contributed by atoms with Crippen molar-refractivity contribution in [3.63, 3.8) is 0 Å². The summed E-state index contributed by atoms with van der Waals surface area (Å²) in [6.07, 6.45) is -1.02. The van der Waals surface area contributed by atoms with E-state index in [4.69, 9.17) is 10.8 Å². The number of aliphatic hydroxyl groups is 1. The van der Waals surface area contributed by atoms with Gasteiger partial charge in [-0.1, -0.05) is 0 Å². The van der Waals surface area contributed by atoms with Gasteiger partial charge in [0.05, 0.1) is 0 Å². The third-order valence-corrected chi connectivity index (χ3v) is 1.75. The van der Waals surface area contributed by atoms with Crippen LogP contribution in [0, 0.1) is 6.92 Å². The number of nitrogens with two attached hydrogens (primary N) is 1. The number of hydrogen-bond donors (Lipinski definition) is 3. The average Bonchev–Trinajstić information content (AvgIpc) is 2.01. The van der Waals surface area contributed by atoms with E-state index in [1.807, 2.05) is 6.92 Å². The SMILES string of the molecule is Cc1cc(N)cc(NC(=O)C(C)O)c1. The summed E-state index contributed by atoms with van der Waals surface area (Å²) in [5.74, 6) is -0.435. The van der Waals surface area contributed by atoms with E-state index in [0.29, 0.717) is 11.4 Å². The molecule has 0 heterocycles. The van der Waals surface area contributed by atoms with Crippen molar-refractivity contribution in [1.29, 1.82) is 0 Å². The number of benzene rings is 1. The minimum Gasteiger partial charge on any atom is -0.399 e. The van der Waals surface area contributed by atoms with Gasteiger partial charge in [0.15, 0.2) is 0 Å². The molecule has 0 aliphatic heterocycles. The molecule has 76 valence electrons. The summed E-state index contributed by atoms with van der Waals surface area (Å²) in [4.78, 5) is 11.1. The molecule has 1 aromatic rings. The Bertz CT molecular complexity index is 328. The first-order valence-electron chi connectivity index (χ1n) is 4.35. The Kier molecular flexibility index (Phi) is 3.09. The van der Waals surface area contributed by atoms with Crippen molar-refractivity contribution >= 4 is 17.3 Å². The Balaban J connectivity index is 2.82. The average molecular weight is 194 g/mol. The number of carbonyl (C=O) groups excluding carboxylic acids is 1. The van der Waals surface area contributed by atoms with Crippen molar-refractivity contribution in [3.05, 3.63) is 23.8 Å². The van der Waals surface area contributed by atoms with Gasteiger partial charge in [-0.15, -0.1) is 0 Å². The zero-order valence-corrected chi connectivity index (χ0v) is 8.24. The summed E-state index contributed by atoms with van der Waals surface area (Å²) < 4.78 is 0. The Morgan fingerprint density at radius 2 is 2.14 bits per heavy atom. The molecule has 1 unspecified atom stereocenters. The van der Waals surface area contributed by atoms with Crippen molar-refractivity contribution in [3.8, 4) is 0 Å². The van der Waals surface area contributed by atoms with Crippen LogP contribution >= 0.6 is 0 Å². The lowest BCUT2D eigenvalue weighted by atomic mass is 10.2. The molecule has 0 aliphatic carbocycles. The van der Waals surface area contributed by atoms with Crippen LogP contribution in [0.3, 0.4) is 0 Å². The van der Waals surface area contributed by atoms with Gasteiger partial charge < -0.3 is 16.2 Å². The molecule has 14 heavy (non-hydrogen) atoms. The highest BCUT2D eigenvalue weighted by Crippen LogP contribution is 2.15. The van der Waals surface area contributed by atoms with E-state index >= 15 is 0 Å². The van der Waals surface area contributed by atoms with Gasteiger partial charge in [0.25, 0.3) is 5.91 Å². The van der Waals surface area contributed by atoms with Gasteiger partial charge in [0, 0.05) is 11.4 Å². The fourth-order valence-electron chi connectivity index (χ4n) is 1.13. The minimum atomic E-state index is -1.02. The van der Waals surface area contributed by atoms with Gasteiger partial charge in [-0.05, 0) is 37.6 Å². The van der Waals surface area contributed by atoms with Gasteiger partial charge in [-0.2, -0.15) is 0 Å². The number of rotatable bonds is 2. The van der Waals surface area contributed by atoms with E-state index in [-0.39, 0.29) is 0 Å². The number of hydrogen-bond acceptors (Lipinski definition) is 3. The summed E-state index contributed by atoms with van der Waals surface area (Å²) in [5, 5.41) is 11.5. The van der Waals surface area contributed by atoms with Crippen molar-refractivity contribution in [1.82, 2.24) is 0 Å². The number of carbonyl (C=O) groups is 1. The van der Waals surface area contributed by atoms with Gasteiger partial charge in [0.1, 0.15) is 6.10 Å². The van der Waals surface area contributed by atoms with Crippen LogP contribution in [0.25, 0.3) is 0 Å². The first-order chi connectivity index (χ1) is 6.49. The Labute approximate surface area is 82.7 Å². The second-order valence-corrected chi connectivity index (χ2v) is 3.30. The zero-order valence-electron chi connectivity index (χ0n) is 8.24. The van der Waals surface area contributed by atoms with E-state index in [0.717, 1.165) is 5.56 Å². The molecule has 4 nitrogen and oxygen atoms in total. The fraction of sp³-hybridized carbons (Fsp3) is 0.300. The standard InChI is InChI=1S/C10H14N2O2/c1-6-3-8(11)5-9(4-6)12-10(14)7(2)13/h3-5,7,13H,11H2,1-2H3,(H,12,14). The van der Waals surface area contributed by atoms with Gasteiger partial charge in [-0.25, -0.2) is 0 Å². The number of aryl methyl sites for hydroxylation is 1.